The van der Waals surface area contributed by atoms with Crippen molar-refractivity contribution >= 4 is 5.69 Å². The third-order valence-corrected chi connectivity index (χ3v) is 7.25. The van der Waals surface area contributed by atoms with Gasteiger partial charge in [-0.3, -0.25) is 4.90 Å². The van der Waals surface area contributed by atoms with Crippen molar-refractivity contribution in [3.63, 3.8) is 0 Å². The van der Waals surface area contributed by atoms with E-state index < -0.39 is 0 Å². The van der Waals surface area contributed by atoms with Gasteiger partial charge in [-0.2, -0.15) is 0 Å². The number of rotatable bonds is 9. The molecule has 0 N–H and O–H groups in total. The zero-order valence-electron chi connectivity index (χ0n) is 22.0. The number of ether oxygens (including phenoxy) is 2. The topological polar surface area (TPSA) is 24.9 Å². The third kappa shape index (κ3) is 6.58. The van der Waals surface area contributed by atoms with Crippen LogP contribution in [-0.4, -0.2) is 44.7 Å². The van der Waals surface area contributed by atoms with E-state index in [0.29, 0.717) is 5.92 Å². The molecule has 1 aliphatic heterocycles. The van der Waals surface area contributed by atoms with Gasteiger partial charge in [-0.15, -0.1) is 0 Å². The average Bonchev–Trinajstić information content (AvgIpc) is 2.89. The van der Waals surface area contributed by atoms with Gasteiger partial charge >= 0.3 is 0 Å². The first kappa shape index (κ1) is 25.1. The van der Waals surface area contributed by atoms with Crippen molar-refractivity contribution < 1.29 is 9.47 Å². The molecule has 3 aromatic rings. The zero-order valence-corrected chi connectivity index (χ0v) is 22.0. The van der Waals surface area contributed by atoms with Gasteiger partial charge in [0.15, 0.2) is 0 Å². The molecule has 3 aromatic carbocycles. The number of benzene rings is 3. The normalized spacial score (nSPS) is 15.3. The predicted octanol–water partition coefficient (Wildman–Crippen LogP) is 6.77. The summed E-state index contributed by atoms with van der Waals surface area (Å²) in [6.07, 6.45) is 0.950. The van der Waals surface area contributed by atoms with Crippen molar-refractivity contribution in [3.8, 4) is 11.5 Å². The van der Waals surface area contributed by atoms with Crippen LogP contribution in [0.1, 0.15) is 54.5 Å². The highest BCUT2D eigenvalue weighted by Crippen LogP contribution is 2.28. The third-order valence-electron chi connectivity index (χ3n) is 7.25. The van der Waals surface area contributed by atoms with E-state index in [9.17, 15) is 0 Å². The lowest BCUT2D eigenvalue weighted by molar-refractivity contribution is 0.160. The summed E-state index contributed by atoms with van der Waals surface area (Å²) >= 11 is 0. The minimum absolute atomic E-state index is 0.00332. The molecule has 1 atom stereocenters. The van der Waals surface area contributed by atoms with Gasteiger partial charge in [0.05, 0.1) is 7.11 Å². The van der Waals surface area contributed by atoms with Crippen LogP contribution in [-0.2, 0) is 0 Å². The van der Waals surface area contributed by atoms with Crippen molar-refractivity contribution in [2.75, 3.05) is 44.7 Å². The largest absolute Gasteiger partial charge is 0.497 e. The predicted molar refractivity (Wildman–Crippen MR) is 146 cm³/mol. The summed E-state index contributed by atoms with van der Waals surface area (Å²) in [4.78, 5) is 5.08. The van der Waals surface area contributed by atoms with Crippen molar-refractivity contribution in [2.45, 2.75) is 46.1 Å². The maximum absolute atomic E-state index is 6.54. The maximum atomic E-state index is 6.54. The molecule has 1 fully saturated rings. The molecule has 4 rings (SSSR count). The Kier molecular flexibility index (Phi) is 8.35. The minimum atomic E-state index is 0.00332. The molecule has 4 nitrogen and oxygen atoms in total. The molecule has 0 radical (unpaired) electrons. The molecule has 1 heterocycles. The summed E-state index contributed by atoms with van der Waals surface area (Å²) in [5, 5.41) is 0. The van der Waals surface area contributed by atoms with Gasteiger partial charge < -0.3 is 14.4 Å². The molecule has 186 valence electrons. The van der Waals surface area contributed by atoms with Crippen molar-refractivity contribution in [2.24, 2.45) is 0 Å². The van der Waals surface area contributed by atoms with Crippen LogP contribution < -0.4 is 14.4 Å². The average molecular weight is 473 g/mol. The molecular weight excluding hydrogens is 432 g/mol. The first-order valence-electron chi connectivity index (χ1n) is 12.9. The van der Waals surface area contributed by atoms with Gasteiger partial charge in [0.2, 0.25) is 0 Å². The van der Waals surface area contributed by atoms with Gasteiger partial charge in [-0.25, -0.2) is 0 Å². The molecule has 0 spiro atoms. The van der Waals surface area contributed by atoms with Gasteiger partial charge in [-0.1, -0.05) is 44.2 Å². The molecule has 0 aliphatic carbocycles. The van der Waals surface area contributed by atoms with Gasteiger partial charge in [-0.05, 0) is 78.4 Å². The highest BCUT2D eigenvalue weighted by Gasteiger charge is 2.21. The smallest absolute Gasteiger partial charge is 0.125 e. The van der Waals surface area contributed by atoms with Gasteiger partial charge in [0.1, 0.15) is 17.6 Å². The molecule has 1 aliphatic rings. The van der Waals surface area contributed by atoms with Crippen LogP contribution in [0.3, 0.4) is 0 Å². The molecule has 35 heavy (non-hydrogen) atoms. The van der Waals surface area contributed by atoms with Crippen LogP contribution in [0.25, 0.3) is 0 Å². The minimum Gasteiger partial charge on any atom is -0.497 e. The lowest BCUT2D eigenvalue weighted by Crippen LogP contribution is -2.47. The highest BCUT2D eigenvalue weighted by atomic mass is 16.5. The van der Waals surface area contributed by atoms with E-state index in [1.807, 2.05) is 12.1 Å². The number of methoxy groups -OCH3 is 1. The van der Waals surface area contributed by atoms with E-state index in [0.717, 1.165) is 50.6 Å². The second-order valence-corrected chi connectivity index (χ2v) is 9.99. The van der Waals surface area contributed by atoms with Crippen LogP contribution in [0.15, 0.2) is 66.7 Å². The van der Waals surface area contributed by atoms with E-state index in [4.69, 9.17) is 9.47 Å². The number of anilines is 1. The SMILES string of the molecule is COc1ccc(C(CCN2CCN(c3ccc(C)c(C)c3)CC2)Oc2ccc(C(C)C)cc2)cc1. The van der Waals surface area contributed by atoms with E-state index in [2.05, 4.69) is 92.1 Å². The summed E-state index contributed by atoms with van der Waals surface area (Å²) < 4.78 is 11.9. The fraction of sp³-hybridized carbons (Fsp3) is 0.419. The lowest BCUT2D eigenvalue weighted by atomic mass is 10.0. The van der Waals surface area contributed by atoms with E-state index >= 15 is 0 Å². The fourth-order valence-corrected chi connectivity index (χ4v) is 4.66. The van der Waals surface area contributed by atoms with Gasteiger partial charge in [0.25, 0.3) is 0 Å². The number of aryl methyl sites for hydroxylation is 2. The Bertz CT molecular complexity index is 1070. The summed E-state index contributed by atoms with van der Waals surface area (Å²) in [6.45, 7) is 14.1. The highest BCUT2D eigenvalue weighted by molar-refractivity contribution is 5.51. The lowest BCUT2D eigenvalue weighted by Gasteiger charge is -2.37. The van der Waals surface area contributed by atoms with Crippen LogP contribution in [0.2, 0.25) is 0 Å². The van der Waals surface area contributed by atoms with Crippen LogP contribution in [0.4, 0.5) is 5.69 Å². The van der Waals surface area contributed by atoms with Crippen LogP contribution in [0.5, 0.6) is 11.5 Å². The molecule has 0 aromatic heterocycles. The van der Waals surface area contributed by atoms with E-state index in [1.165, 1.54) is 27.9 Å². The standard InChI is InChI=1S/C31H40N2O2/c1-23(2)26-7-14-30(15-8-26)35-31(27-9-12-29(34-5)13-10-27)16-17-32-18-20-33(21-19-32)28-11-6-24(3)25(4)22-28/h6-15,22-23,31H,16-21H2,1-5H3. The molecular formula is C31H40N2O2. The van der Waals surface area contributed by atoms with Crippen molar-refractivity contribution in [3.05, 3.63) is 89.0 Å². The molecule has 0 bridgehead atoms. The Hall–Kier alpha value is -2.98. The Morgan fingerprint density at radius 2 is 1.37 bits per heavy atom. The summed E-state index contributed by atoms with van der Waals surface area (Å²) in [7, 11) is 1.71. The Morgan fingerprint density at radius 1 is 0.743 bits per heavy atom. The van der Waals surface area contributed by atoms with Crippen LogP contribution >= 0.6 is 0 Å². The number of nitrogens with zero attached hydrogens (tertiary/aromatic N) is 2. The summed E-state index contributed by atoms with van der Waals surface area (Å²) in [5.41, 5.74) is 6.59. The molecule has 0 saturated carbocycles. The first-order chi connectivity index (χ1) is 16.9. The number of hydrogen-bond acceptors (Lipinski definition) is 4. The quantitative estimate of drug-likeness (QED) is 0.343. The molecule has 0 amide bonds. The Morgan fingerprint density at radius 3 is 1.97 bits per heavy atom. The Labute approximate surface area is 211 Å². The van der Waals surface area contributed by atoms with E-state index in [1.54, 1.807) is 7.11 Å². The second kappa shape index (κ2) is 11.6. The fourth-order valence-electron chi connectivity index (χ4n) is 4.66. The van der Waals surface area contributed by atoms with Crippen molar-refractivity contribution in [1.29, 1.82) is 0 Å². The van der Waals surface area contributed by atoms with Crippen molar-refractivity contribution in [1.82, 2.24) is 4.90 Å². The second-order valence-electron chi connectivity index (χ2n) is 9.99. The van der Waals surface area contributed by atoms with Crippen LogP contribution in [0, 0.1) is 13.8 Å². The van der Waals surface area contributed by atoms with Gasteiger partial charge in [0, 0.05) is 44.8 Å². The molecule has 1 unspecified atom stereocenters. The Balaban J connectivity index is 1.39. The maximum Gasteiger partial charge on any atom is 0.125 e. The molecule has 1 saturated heterocycles. The summed E-state index contributed by atoms with van der Waals surface area (Å²) in [6, 6.07) is 23.7. The number of hydrogen-bond donors (Lipinski definition) is 0. The molecule has 4 heteroatoms. The summed E-state index contributed by atoms with van der Waals surface area (Å²) in [5.74, 6) is 2.31. The first-order valence-corrected chi connectivity index (χ1v) is 12.9. The van der Waals surface area contributed by atoms with E-state index in [-0.39, 0.29) is 6.10 Å². The number of piperazine rings is 1. The zero-order chi connectivity index (χ0) is 24.8. The monoisotopic (exact) mass is 472 g/mol.